The number of carbonyl (C=O) groups excluding carboxylic acids is 2. The van der Waals surface area contributed by atoms with Gasteiger partial charge in [-0.1, -0.05) is 0 Å². The number of hydrogen-bond donors (Lipinski definition) is 2. The molecule has 8 nitrogen and oxygen atoms in total. The summed E-state index contributed by atoms with van der Waals surface area (Å²) in [7, 11) is 1.97. The molecular weight excluding hydrogens is 356 g/mol. The fourth-order valence-corrected chi connectivity index (χ4v) is 4.33. The number of aryl methyl sites for hydroxylation is 2. The minimum atomic E-state index is -0.479. The Morgan fingerprint density at radius 1 is 1.29 bits per heavy atom. The summed E-state index contributed by atoms with van der Waals surface area (Å²) in [5, 5.41) is 10.3. The third-order valence-corrected chi connectivity index (χ3v) is 6.15. The Hall–Kier alpha value is -2.90. The molecule has 1 spiro atoms. The van der Waals surface area contributed by atoms with Gasteiger partial charge < -0.3 is 15.1 Å². The molecule has 0 saturated carbocycles. The van der Waals surface area contributed by atoms with Gasteiger partial charge in [0.1, 0.15) is 11.5 Å². The Morgan fingerprint density at radius 3 is 2.71 bits per heavy atom. The topological polar surface area (TPSA) is 94.2 Å². The van der Waals surface area contributed by atoms with E-state index >= 15 is 0 Å². The summed E-state index contributed by atoms with van der Waals surface area (Å²) in [6.07, 6.45) is 4.24. The highest BCUT2D eigenvalue weighted by molar-refractivity contribution is 6.01. The number of hydrogen-bond acceptors (Lipinski definition) is 5. The number of nitrogens with zero attached hydrogens (tertiary/aromatic N) is 4. The van der Waals surface area contributed by atoms with Gasteiger partial charge in [0, 0.05) is 51.3 Å². The number of amides is 2. The second-order valence-electron chi connectivity index (χ2n) is 7.71. The summed E-state index contributed by atoms with van der Waals surface area (Å²) in [5.74, 6) is 0.766. The minimum Gasteiger partial charge on any atom is -0.342 e. The van der Waals surface area contributed by atoms with Crippen LogP contribution in [0.5, 0.6) is 0 Å². The number of aromatic amines is 1. The molecule has 2 aromatic rings. The van der Waals surface area contributed by atoms with Crippen LogP contribution < -0.4 is 10.2 Å². The zero-order valence-corrected chi connectivity index (χ0v) is 16.6. The molecule has 0 bridgehead atoms. The van der Waals surface area contributed by atoms with Gasteiger partial charge in [-0.25, -0.2) is 4.98 Å². The molecular formula is C20H26N6O2. The van der Waals surface area contributed by atoms with Crippen molar-refractivity contribution in [3.05, 3.63) is 40.8 Å². The molecule has 0 unspecified atom stereocenters. The molecule has 2 aromatic heterocycles. The zero-order valence-electron chi connectivity index (χ0n) is 16.6. The van der Waals surface area contributed by atoms with Crippen LogP contribution in [0.15, 0.2) is 18.3 Å². The lowest BCUT2D eigenvalue weighted by Gasteiger charge is -2.50. The molecule has 2 aliphatic rings. The molecule has 2 N–H and O–H groups in total. The van der Waals surface area contributed by atoms with Crippen LogP contribution in [0.2, 0.25) is 0 Å². The maximum Gasteiger partial charge on any atom is 0.256 e. The number of likely N-dealkylation sites (tertiary alicyclic amines) is 1. The fourth-order valence-electron chi connectivity index (χ4n) is 4.33. The number of anilines is 1. The third-order valence-electron chi connectivity index (χ3n) is 6.15. The van der Waals surface area contributed by atoms with E-state index < -0.39 is 5.66 Å². The van der Waals surface area contributed by atoms with Gasteiger partial charge in [-0.3, -0.25) is 14.7 Å². The Morgan fingerprint density at radius 2 is 2.04 bits per heavy atom. The molecule has 0 aromatic carbocycles. The summed E-state index contributed by atoms with van der Waals surface area (Å²) in [4.78, 5) is 33.6. The summed E-state index contributed by atoms with van der Waals surface area (Å²) in [6.45, 7) is 5.18. The van der Waals surface area contributed by atoms with E-state index in [2.05, 4.69) is 25.4 Å². The molecule has 0 radical (unpaired) electrons. The van der Waals surface area contributed by atoms with Gasteiger partial charge in [-0.2, -0.15) is 5.10 Å². The number of nitrogens with one attached hydrogen (secondary N) is 2. The Kier molecular flexibility index (Phi) is 4.56. The van der Waals surface area contributed by atoms with E-state index in [9.17, 15) is 9.59 Å². The molecule has 148 valence electrons. The summed E-state index contributed by atoms with van der Waals surface area (Å²) in [6, 6.07) is 3.56. The van der Waals surface area contributed by atoms with Gasteiger partial charge in [-0.05, 0) is 38.0 Å². The van der Waals surface area contributed by atoms with E-state index in [0.717, 1.165) is 17.0 Å². The van der Waals surface area contributed by atoms with Crippen LogP contribution in [0.4, 0.5) is 5.82 Å². The van der Waals surface area contributed by atoms with Crippen LogP contribution in [-0.2, 0) is 11.2 Å². The molecule has 28 heavy (non-hydrogen) atoms. The SMILES string of the molecule is Cc1n[nH]c(C)c1CCC(=O)N1CCC2(CC1)NC(=O)c1cccnc1N2C. The van der Waals surface area contributed by atoms with Crippen LogP contribution >= 0.6 is 0 Å². The van der Waals surface area contributed by atoms with Gasteiger partial charge in [0.05, 0.1) is 11.3 Å². The first-order chi connectivity index (χ1) is 13.4. The minimum absolute atomic E-state index is 0.0908. The zero-order chi connectivity index (χ0) is 19.9. The van der Waals surface area contributed by atoms with E-state index in [0.29, 0.717) is 50.2 Å². The van der Waals surface area contributed by atoms with Crippen molar-refractivity contribution >= 4 is 17.6 Å². The lowest BCUT2D eigenvalue weighted by Crippen LogP contribution is -2.67. The number of piperidine rings is 1. The standard InChI is InChI=1S/C20H26N6O2/c1-13-15(14(2)24-23-13)6-7-17(27)26-11-8-20(9-12-26)22-19(28)16-5-4-10-21-18(16)25(20)3/h4-5,10H,6-9,11-12H2,1-3H3,(H,22,28)(H,23,24). The monoisotopic (exact) mass is 382 g/mol. The van der Waals surface area contributed by atoms with Crippen LogP contribution in [0.25, 0.3) is 0 Å². The van der Waals surface area contributed by atoms with Gasteiger partial charge >= 0.3 is 0 Å². The second kappa shape index (κ2) is 6.92. The number of pyridine rings is 1. The highest BCUT2D eigenvalue weighted by atomic mass is 16.2. The van der Waals surface area contributed by atoms with E-state index in [1.807, 2.05) is 25.8 Å². The second-order valence-corrected chi connectivity index (χ2v) is 7.71. The number of aromatic nitrogens is 3. The van der Waals surface area contributed by atoms with Crippen molar-refractivity contribution in [2.45, 2.75) is 45.2 Å². The van der Waals surface area contributed by atoms with Crippen LogP contribution in [0.3, 0.4) is 0 Å². The van der Waals surface area contributed by atoms with Crippen molar-refractivity contribution in [3.8, 4) is 0 Å². The lowest BCUT2D eigenvalue weighted by atomic mass is 9.91. The Bertz CT molecular complexity index is 894. The quantitative estimate of drug-likeness (QED) is 0.840. The Balaban J connectivity index is 1.40. The fraction of sp³-hybridized carbons (Fsp3) is 0.500. The maximum absolute atomic E-state index is 12.7. The molecule has 1 fully saturated rings. The Labute approximate surface area is 164 Å². The van der Waals surface area contributed by atoms with Gasteiger partial charge in [0.2, 0.25) is 5.91 Å². The largest absolute Gasteiger partial charge is 0.342 e. The summed E-state index contributed by atoms with van der Waals surface area (Å²) in [5.41, 5.74) is 3.23. The van der Waals surface area contributed by atoms with Crippen LogP contribution in [0.1, 0.15) is 46.6 Å². The number of carbonyl (C=O) groups is 2. The lowest BCUT2D eigenvalue weighted by molar-refractivity contribution is -0.132. The first-order valence-corrected chi connectivity index (χ1v) is 9.71. The summed E-state index contributed by atoms with van der Waals surface area (Å²) < 4.78 is 0. The third kappa shape index (κ3) is 3.02. The molecule has 1 saturated heterocycles. The predicted octanol–water partition coefficient (Wildman–Crippen LogP) is 1.55. The van der Waals surface area contributed by atoms with E-state index in [1.165, 1.54) is 0 Å². The number of H-pyrrole nitrogens is 1. The summed E-state index contributed by atoms with van der Waals surface area (Å²) >= 11 is 0. The predicted molar refractivity (Wildman–Crippen MR) is 105 cm³/mol. The van der Waals surface area contributed by atoms with Crippen molar-refractivity contribution in [1.82, 2.24) is 25.4 Å². The van der Waals surface area contributed by atoms with Crippen LogP contribution in [-0.4, -0.2) is 57.7 Å². The first kappa shape index (κ1) is 18.5. The molecule has 0 atom stereocenters. The van der Waals surface area contributed by atoms with E-state index in [1.54, 1.807) is 18.3 Å². The van der Waals surface area contributed by atoms with Crippen molar-refractivity contribution in [2.24, 2.45) is 0 Å². The van der Waals surface area contributed by atoms with Gasteiger partial charge in [0.15, 0.2) is 0 Å². The van der Waals surface area contributed by atoms with Gasteiger partial charge in [-0.15, -0.1) is 0 Å². The maximum atomic E-state index is 12.7. The average molecular weight is 382 g/mol. The van der Waals surface area contributed by atoms with E-state index in [-0.39, 0.29) is 11.8 Å². The molecule has 8 heteroatoms. The van der Waals surface area contributed by atoms with Crippen molar-refractivity contribution < 1.29 is 9.59 Å². The molecule has 4 heterocycles. The van der Waals surface area contributed by atoms with E-state index in [4.69, 9.17) is 0 Å². The first-order valence-electron chi connectivity index (χ1n) is 9.71. The highest BCUT2D eigenvalue weighted by Gasteiger charge is 2.45. The van der Waals surface area contributed by atoms with Gasteiger partial charge in [0.25, 0.3) is 5.91 Å². The molecule has 0 aliphatic carbocycles. The number of rotatable bonds is 3. The highest BCUT2D eigenvalue weighted by Crippen LogP contribution is 2.34. The smallest absolute Gasteiger partial charge is 0.256 e. The molecule has 2 amide bonds. The number of fused-ring (bicyclic) bond motifs is 1. The van der Waals surface area contributed by atoms with Crippen molar-refractivity contribution in [3.63, 3.8) is 0 Å². The molecule has 4 rings (SSSR count). The van der Waals surface area contributed by atoms with Crippen molar-refractivity contribution in [2.75, 3.05) is 25.0 Å². The molecule has 2 aliphatic heterocycles. The normalized spacial score (nSPS) is 18.2. The van der Waals surface area contributed by atoms with Crippen molar-refractivity contribution in [1.29, 1.82) is 0 Å². The average Bonchev–Trinajstić information content (AvgIpc) is 3.02. The van der Waals surface area contributed by atoms with Crippen LogP contribution in [0, 0.1) is 13.8 Å².